The van der Waals surface area contributed by atoms with Gasteiger partial charge in [-0.1, -0.05) is 12.1 Å². The Morgan fingerprint density at radius 2 is 1.85 bits per heavy atom. The molecule has 0 unspecified atom stereocenters. The number of halogens is 2. The van der Waals surface area contributed by atoms with Crippen LogP contribution >= 0.6 is 0 Å². The number of para-hydroxylation sites is 1. The number of aromatic nitrogens is 1. The van der Waals surface area contributed by atoms with Crippen molar-refractivity contribution < 1.29 is 27.8 Å². The van der Waals surface area contributed by atoms with Crippen LogP contribution in [0.1, 0.15) is 27.2 Å². The molecule has 2 heterocycles. The molecular weight excluding hydrogens is 446 g/mol. The fourth-order valence-electron chi connectivity index (χ4n) is 3.49. The normalized spacial score (nSPS) is 13.3. The maximum atomic E-state index is 13.4. The van der Waals surface area contributed by atoms with E-state index in [0.717, 1.165) is 5.56 Å². The van der Waals surface area contributed by atoms with Crippen LogP contribution in [0.3, 0.4) is 0 Å². The molecule has 0 bridgehead atoms. The third kappa shape index (κ3) is 5.06. The lowest BCUT2D eigenvalue weighted by molar-refractivity contribution is -0.286. The van der Waals surface area contributed by atoms with Crippen molar-refractivity contribution in [3.8, 4) is 11.5 Å². The number of benzene rings is 2. The van der Waals surface area contributed by atoms with Gasteiger partial charge in [0.1, 0.15) is 0 Å². The zero-order valence-electron chi connectivity index (χ0n) is 18.4. The highest BCUT2D eigenvalue weighted by molar-refractivity contribution is 6.08. The molecule has 0 fully saturated rings. The van der Waals surface area contributed by atoms with Gasteiger partial charge in [-0.15, -0.1) is 8.78 Å². The Morgan fingerprint density at radius 1 is 1.06 bits per heavy atom. The first kappa shape index (κ1) is 23.0. The number of hydrogen-bond donors (Lipinski definition) is 3. The van der Waals surface area contributed by atoms with Crippen LogP contribution < -0.4 is 25.4 Å². The van der Waals surface area contributed by atoms with Crippen LogP contribution in [0.5, 0.6) is 11.5 Å². The number of hydrogen-bond acceptors (Lipinski definition) is 6. The van der Waals surface area contributed by atoms with E-state index >= 15 is 0 Å². The van der Waals surface area contributed by atoms with Crippen LogP contribution in [0.4, 0.5) is 20.2 Å². The Bertz CT molecular complexity index is 1250. The molecule has 0 atom stereocenters. The largest absolute Gasteiger partial charge is 0.586 e. The molecule has 3 N–H and O–H groups in total. The van der Waals surface area contributed by atoms with E-state index in [-0.39, 0.29) is 23.8 Å². The number of carbonyl (C=O) groups excluding carboxylic acids is 2. The Balaban J connectivity index is 1.48. The highest BCUT2D eigenvalue weighted by atomic mass is 19.3. The van der Waals surface area contributed by atoms with Crippen molar-refractivity contribution in [2.24, 2.45) is 0 Å². The molecule has 10 heteroatoms. The smallest absolute Gasteiger partial charge is 0.395 e. The molecular formula is C24H22F2N4O4. The van der Waals surface area contributed by atoms with E-state index in [0.29, 0.717) is 34.7 Å². The highest BCUT2D eigenvalue weighted by Gasteiger charge is 2.44. The van der Waals surface area contributed by atoms with Gasteiger partial charge in [0.05, 0.1) is 12.0 Å². The number of amides is 2. The Kier molecular flexibility index (Phi) is 6.31. The Labute approximate surface area is 194 Å². The molecule has 176 valence electrons. The first-order chi connectivity index (χ1) is 16.3. The third-order valence-corrected chi connectivity index (χ3v) is 5.22. The number of nitrogens with one attached hydrogen (secondary N) is 3. The van der Waals surface area contributed by atoms with Gasteiger partial charge in [0.25, 0.3) is 5.91 Å². The van der Waals surface area contributed by atoms with E-state index in [2.05, 4.69) is 30.4 Å². The average Bonchev–Trinajstić information content (AvgIpc) is 3.15. The molecule has 8 nitrogen and oxygen atoms in total. The fraction of sp³-hybridized carbons (Fsp3) is 0.208. The first-order valence-electron chi connectivity index (χ1n) is 10.4. The van der Waals surface area contributed by atoms with Gasteiger partial charge in [0, 0.05) is 42.4 Å². The van der Waals surface area contributed by atoms with Gasteiger partial charge in [-0.05, 0) is 48.9 Å². The lowest BCUT2D eigenvalue weighted by atomic mass is 10.1. The van der Waals surface area contributed by atoms with Crippen LogP contribution in [0.25, 0.3) is 0 Å². The Hall–Kier alpha value is -4.21. The van der Waals surface area contributed by atoms with Gasteiger partial charge in [-0.25, -0.2) is 0 Å². The molecule has 3 aromatic rings. The lowest BCUT2D eigenvalue weighted by Crippen LogP contribution is -2.26. The number of pyridine rings is 1. The molecule has 1 aliphatic rings. The molecule has 1 aliphatic heterocycles. The van der Waals surface area contributed by atoms with Crippen molar-refractivity contribution in [3.05, 3.63) is 77.1 Å². The quantitative estimate of drug-likeness (QED) is 0.487. The summed E-state index contributed by atoms with van der Waals surface area (Å²) in [7, 11) is 1.57. The zero-order valence-corrected chi connectivity index (χ0v) is 18.4. The van der Waals surface area contributed by atoms with Gasteiger partial charge in [0.15, 0.2) is 11.5 Å². The Morgan fingerprint density at radius 3 is 2.65 bits per heavy atom. The van der Waals surface area contributed by atoms with Crippen molar-refractivity contribution in [1.82, 2.24) is 10.3 Å². The maximum absolute atomic E-state index is 13.4. The van der Waals surface area contributed by atoms with E-state index in [1.807, 2.05) is 12.1 Å². The predicted molar refractivity (Wildman–Crippen MR) is 121 cm³/mol. The topological polar surface area (TPSA) is 102 Å². The van der Waals surface area contributed by atoms with E-state index in [4.69, 9.17) is 0 Å². The SMILES string of the molecule is CNC(=O)Cc1cc(CNc2ccccc2C(=O)Nc2ccc3c(c2C)OC(F)(F)O3)ccn1. The second kappa shape index (κ2) is 9.34. The molecule has 2 aromatic carbocycles. The molecule has 0 saturated heterocycles. The molecule has 0 radical (unpaired) electrons. The number of likely N-dealkylation sites (N-methyl/N-ethyl adjacent to an activating group) is 1. The van der Waals surface area contributed by atoms with Crippen LogP contribution in [0, 0.1) is 6.92 Å². The van der Waals surface area contributed by atoms with Crippen LogP contribution in [-0.2, 0) is 17.8 Å². The number of carbonyl (C=O) groups is 2. The number of alkyl halides is 2. The van der Waals surface area contributed by atoms with Crippen molar-refractivity contribution in [3.63, 3.8) is 0 Å². The van der Waals surface area contributed by atoms with Gasteiger partial charge in [0.2, 0.25) is 5.91 Å². The van der Waals surface area contributed by atoms with Crippen molar-refractivity contribution >= 4 is 23.2 Å². The first-order valence-corrected chi connectivity index (χ1v) is 10.4. The summed E-state index contributed by atoms with van der Waals surface area (Å²) in [5.74, 6) is -0.760. The van der Waals surface area contributed by atoms with E-state index in [1.54, 1.807) is 44.4 Å². The summed E-state index contributed by atoms with van der Waals surface area (Å²) in [5, 5.41) is 8.53. The third-order valence-electron chi connectivity index (χ3n) is 5.22. The summed E-state index contributed by atoms with van der Waals surface area (Å²) in [6.45, 7) is 1.95. The molecule has 4 rings (SSSR count). The summed E-state index contributed by atoms with van der Waals surface area (Å²) < 4.78 is 35.8. The van der Waals surface area contributed by atoms with Gasteiger partial charge >= 0.3 is 6.29 Å². The standard InChI is InChI=1S/C24H22F2N4O4/c1-14-18(7-8-20-22(14)34-24(25,26)33-20)30-23(32)17-5-3-4-6-19(17)29-13-15-9-10-28-16(11-15)12-21(31)27-2/h3-11,29H,12-13H2,1-2H3,(H,27,31)(H,30,32). The van der Waals surface area contributed by atoms with Gasteiger partial charge in [-0.2, -0.15) is 0 Å². The summed E-state index contributed by atoms with van der Waals surface area (Å²) in [5.41, 5.74) is 3.12. The maximum Gasteiger partial charge on any atom is 0.586 e. The molecule has 1 aromatic heterocycles. The minimum absolute atomic E-state index is 0.0873. The predicted octanol–water partition coefficient (Wildman–Crippen LogP) is 3.86. The minimum atomic E-state index is -3.74. The highest BCUT2D eigenvalue weighted by Crippen LogP contribution is 2.45. The number of anilines is 2. The summed E-state index contributed by atoms with van der Waals surface area (Å²) in [4.78, 5) is 28.8. The molecule has 0 aliphatic carbocycles. The number of fused-ring (bicyclic) bond motifs is 1. The lowest BCUT2D eigenvalue weighted by Gasteiger charge is -2.14. The van der Waals surface area contributed by atoms with Crippen LogP contribution in [0.15, 0.2) is 54.7 Å². The summed E-state index contributed by atoms with van der Waals surface area (Å²) >= 11 is 0. The average molecular weight is 468 g/mol. The zero-order chi connectivity index (χ0) is 24.3. The fourth-order valence-corrected chi connectivity index (χ4v) is 3.49. The number of rotatable bonds is 7. The molecule has 2 amide bonds. The van der Waals surface area contributed by atoms with Gasteiger partial charge in [-0.3, -0.25) is 14.6 Å². The van der Waals surface area contributed by atoms with Crippen LogP contribution in [-0.4, -0.2) is 30.1 Å². The second-order valence-corrected chi connectivity index (χ2v) is 7.59. The summed E-state index contributed by atoms with van der Waals surface area (Å²) in [6, 6.07) is 13.4. The molecule has 0 spiro atoms. The molecule has 34 heavy (non-hydrogen) atoms. The molecule has 0 saturated carbocycles. The second-order valence-electron chi connectivity index (χ2n) is 7.59. The van der Waals surface area contributed by atoms with Crippen molar-refractivity contribution in [1.29, 1.82) is 0 Å². The number of ether oxygens (including phenoxy) is 2. The summed E-state index contributed by atoms with van der Waals surface area (Å²) in [6.07, 6.45) is -1.94. The van der Waals surface area contributed by atoms with E-state index in [1.165, 1.54) is 12.1 Å². The van der Waals surface area contributed by atoms with Crippen LogP contribution in [0.2, 0.25) is 0 Å². The number of nitrogens with zero attached hydrogens (tertiary/aromatic N) is 1. The van der Waals surface area contributed by atoms with E-state index in [9.17, 15) is 18.4 Å². The van der Waals surface area contributed by atoms with Gasteiger partial charge < -0.3 is 25.4 Å². The monoisotopic (exact) mass is 468 g/mol. The van der Waals surface area contributed by atoms with E-state index < -0.39 is 12.2 Å². The van der Waals surface area contributed by atoms with Crippen molar-refractivity contribution in [2.75, 3.05) is 17.7 Å². The van der Waals surface area contributed by atoms with Crippen molar-refractivity contribution in [2.45, 2.75) is 26.2 Å². The minimum Gasteiger partial charge on any atom is -0.395 e.